The number of esters is 1. The third-order valence-corrected chi connectivity index (χ3v) is 5.95. The standard InChI is InChI=1S/C14H23N2O5P/c1-4-19-13(17)14(9-7-11-15,10-8-12-16)22(18,20-5-2)21-6-3/h4-10H2,1-3H3. The maximum atomic E-state index is 13.2. The van der Waals surface area contributed by atoms with Crippen LogP contribution in [0.5, 0.6) is 0 Å². The van der Waals surface area contributed by atoms with Crippen molar-refractivity contribution in [2.24, 2.45) is 0 Å². The molecule has 0 aliphatic rings. The van der Waals surface area contributed by atoms with Crippen molar-refractivity contribution in [3.63, 3.8) is 0 Å². The van der Waals surface area contributed by atoms with E-state index in [2.05, 4.69) is 0 Å². The lowest BCUT2D eigenvalue weighted by atomic mass is 9.97. The summed E-state index contributed by atoms with van der Waals surface area (Å²) >= 11 is 0. The molecule has 8 heteroatoms. The van der Waals surface area contributed by atoms with E-state index >= 15 is 0 Å². The zero-order valence-electron chi connectivity index (χ0n) is 13.3. The number of carbonyl (C=O) groups excluding carboxylic acids is 1. The fraction of sp³-hybridized carbons (Fsp3) is 0.786. The number of hydrogen-bond acceptors (Lipinski definition) is 7. The van der Waals surface area contributed by atoms with Gasteiger partial charge >= 0.3 is 13.6 Å². The number of hydrogen-bond donors (Lipinski definition) is 0. The highest BCUT2D eigenvalue weighted by Crippen LogP contribution is 2.64. The molecule has 0 amide bonds. The van der Waals surface area contributed by atoms with Crippen molar-refractivity contribution in [1.82, 2.24) is 0 Å². The van der Waals surface area contributed by atoms with Gasteiger partial charge in [-0.15, -0.1) is 0 Å². The van der Waals surface area contributed by atoms with Gasteiger partial charge in [0.1, 0.15) is 0 Å². The summed E-state index contributed by atoms with van der Waals surface area (Å²) in [4.78, 5) is 12.5. The lowest BCUT2D eigenvalue weighted by molar-refractivity contribution is -0.147. The van der Waals surface area contributed by atoms with Crippen LogP contribution in [0.3, 0.4) is 0 Å². The molecule has 124 valence electrons. The molecule has 0 saturated carbocycles. The van der Waals surface area contributed by atoms with Crippen molar-refractivity contribution >= 4 is 13.6 Å². The van der Waals surface area contributed by atoms with Gasteiger partial charge in [0, 0.05) is 12.8 Å². The van der Waals surface area contributed by atoms with Crippen molar-refractivity contribution in [2.75, 3.05) is 19.8 Å². The molecular weight excluding hydrogens is 307 g/mol. The number of nitrogens with zero attached hydrogens (tertiary/aromatic N) is 2. The average Bonchev–Trinajstić information content (AvgIpc) is 2.48. The van der Waals surface area contributed by atoms with Crippen LogP contribution in [-0.2, 0) is 23.1 Å². The lowest BCUT2D eigenvalue weighted by Crippen LogP contribution is -2.41. The first kappa shape index (κ1) is 20.6. The fourth-order valence-electron chi connectivity index (χ4n) is 2.13. The summed E-state index contributed by atoms with van der Waals surface area (Å²) < 4.78 is 28.9. The minimum Gasteiger partial charge on any atom is -0.465 e. The Balaban J connectivity index is 5.94. The van der Waals surface area contributed by atoms with E-state index in [4.69, 9.17) is 24.3 Å². The smallest absolute Gasteiger partial charge is 0.347 e. The van der Waals surface area contributed by atoms with Crippen molar-refractivity contribution < 1.29 is 23.1 Å². The van der Waals surface area contributed by atoms with Gasteiger partial charge in [-0.1, -0.05) is 0 Å². The predicted molar refractivity (Wildman–Crippen MR) is 79.9 cm³/mol. The molecule has 0 bridgehead atoms. The van der Waals surface area contributed by atoms with Gasteiger partial charge in [-0.3, -0.25) is 9.36 Å². The highest BCUT2D eigenvalue weighted by molar-refractivity contribution is 7.56. The molecule has 0 aromatic carbocycles. The van der Waals surface area contributed by atoms with Crippen molar-refractivity contribution in [3.05, 3.63) is 0 Å². The van der Waals surface area contributed by atoms with Crippen LogP contribution in [0.1, 0.15) is 46.5 Å². The van der Waals surface area contributed by atoms with E-state index in [1.807, 2.05) is 12.1 Å². The Morgan fingerprint density at radius 2 is 1.45 bits per heavy atom. The first-order valence-corrected chi connectivity index (χ1v) is 8.82. The fourth-order valence-corrected chi connectivity index (χ4v) is 4.44. The molecule has 0 aromatic rings. The molecule has 0 radical (unpaired) electrons. The molecular formula is C14H23N2O5P. The van der Waals surface area contributed by atoms with Gasteiger partial charge in [0.2, 0.25) is 0 Å². The Labute approximate surface area is 131 Å². The first-order chi connectivity index (χ1) is 10.5. The Morgan fingerprint density at radius 3 is 1.77 bits per heavy atom. The second-order valence-corrected chi connectivity index (χ2v) is 6.77. The van der Waals surface area contributed by atoms with E-state index in [0.717, 1.165) is 0 Å². The zero-order valence-corrected chi connectivity index (χ0v) is 14.2. The molecule has 0 fully saturated rings. The number of carbonyl (C=O) groups is 1. The van der Waals surface area contributed by atoms with Crippen LogP contribution in [0.25, 0.3) is 0 Å². The maximum Gasteiger partial charge on any atom is 0.347 e. The van der Waals surface area contributed by atoms with E-state index in [-0.39, 0.29) is 45.5 Å². The third kappa shape index (κ3) is 4.81. The summed E-state index contributed by atoms with van der Waals surface area (Å²) in [6.07, 6.45) is -0.120. The highest BCUT2D eigenvalue weighted by Gasteiger charge is 2.57. The van der Waals surface area contributed by atoms with Crippen LogP contribution in [0.4, 0.5) is 0 Å². The zero-order chi connectivity index (χ0) is 17.1. The van der Waals surface area contributed by atoms with Crippen LogP contribution in [0.2, 0.25) is 0 Å². The van der Waals surface area contributed by atoms with E-state index in [0.29, 0.717) is 0 Å². The monoisotopic (exact) mass is 330 g/mol. The van der Waals surface area contributed by atoms with E-state index in [1.165, 1.54) is 0 Å². The summed E-state index contributed by atoms with van der Waals surface area (Å²) in [5.74, 6) is -0.745. The molecule has 0 aromatic heterocycles. The molecule has 0 aliphatic heterocycles. The van der Waals surface area contributed by atoms with Crippen LogP contribution in [0.15, 0.2) is 0 Å². The first-order valence-electron chi connectivity index (χ1n) is 7.28. The van der Waals surface area contributed by atoms with Crippen LogP contribution < -0.4 is 0 Å². The SMILES string of the molecule is CCOC(=O)C(CCC#N)(CCC#N)P(=O)(OCC)OCC. The molecule has 0 N–H and O–H groups in total. The quantitative estimate of drug-likeness (QED) is 0.422. The molecule has 7 nitrogen and oxygen atoms in total. The summed E-state index contributed by atoms with van der Waals surface area (Å²) in [7, 11) is -3.88. The number of nitriles is 2. The van der Waals surface area contributed by atoms with Gasteiger partial charge in [-0.05, 0) is 33.6 Å². The van der Waals surface area contributed by atoms with Crippen LogP contribution in [0, 0.1) is 22.7 Å². The number of ether oxygens (including phenoxy) is 1. The van der Waals surface area contributed by atoms with Gasteiger partial charge < -0.3 is 13.8 Å². The lowest BCUT2D eigenvalue weighted by Gasteiger charge is -2.35. The molecule has 0 atom stereocenters. The van der Waals surface area contributed by atoms with Crippen molar-refractivity contribution in [1.29, 1.82) is 10.5 Å². The molecule has 0 rings (SSSR count). The second kappa shape index (κ2) is 10.3. The largest absolute Gasteiger partial charge is 0.465 e. The van der Waals surface area contributed by atoms with E-state index < -0.39 is 18.7 Å². The molecule has 0 unspecified atom stereocenters. The van der Waals surface area contributed by atoms with E-state index in [1.54, 1.807) is 20.8 Å². The Kier molecular flexibility index (Phi) is 9.69. The van der Waals surface area contributed by atoms with Gasteiger partial charge in [0.25, 0.3) is 0 Å². The highest BCUT2D eigenvalue weighted by atomic mass is 31.2. The Morgan fingerprint density at radius 1 is 1.00 bits per heavy atom. The Bertz CT molecular complexity index is 453. The Hall–Kier alpha value is -1.40. The molecule has 22 heavy (non-hydrogen) atoms. The molecule has 0 saturated heterocycles. The molecule has 0 heterocycles. The van der Waals surface area contributed by atoms with Crippen LogP contribution >= 0.6 is 7.60 Å². The van der Waals surface area contributed by atoms with Gasteiger partial charge in [0.15, 0.2) is 5.16 Å². The summed E-state index contributed by atoms with van der Waals surface area (Å²) in [5.41, 5.74) is 0. The molecule has 0 spiro atoms. The number of rotatable bonds is 11. The van der Waals surface area contributed by atoms with Gasteiger partial charge in [0.05, 0.1) is 32.0 Å². The second-order valence-electron chi connectivity index (χ2n) is 4.40. The normalized spacial score (nSPS) is 11.5. The molecule has 0 aliphatic carbocycles. The van der Waals surface area contributed by atoms with Gasteiger partial charge in [-0.25, -0.2) is 0 Å². The van der Waals surface area contributed by atoms with E-state index in [9.17, 15) is 9.36 Å². The third-order valence-electron chi connectivity index (χ3n) is 3.08. The minimum atomic E-state index is -3.88. The van der Waals surface area contributed by atoms with Crippen molar-refractivity contribution in [2.45, 2.75) is 51.6 Å². The summed E-state index contributed by atoms with van der Waals surface area (Å²) in [6, 6.07) is 3.86. The topological polar surface area (TPSA) is 109 Å². The summed E-state index contributed by atoms with van der Waals surface area (Å²) in [6.45, 7) is 5.16. The maximum absolute atomic E-state index is 13.2. The van der Waals surface area contributed by atoms with Crippen LogP contribution in [-0.4, -0.2) is 30.9 Å². The minimum absolute atomic E-state index is 0.0195. The van der Waals surface area contributed by atoms with Crippen molar-refractivity contribution in [3.8, 4) is 12.1 Å². The average molecular weight is 330 g/mol. The summed E-state index contributed by atoms with van der Waals surface area (Å²) in [5, 5.41) is 16.1. The predicted octanol–water partition coefficient (Wildman–Crippen LogP) is 3.16. The van der Waals surface area contributed by atoms with Gasteiger partial charge in [-0.2, -0.15) is 10.5 Å².